The van der Waals surface area contributed by atoms with E-state index in [1.807, 2.05) is 17.8 Å². The minimum atomic E-state index is -0.564. The van der Waals surface area contributed by atoms with Crippen LogP contribution in [0.3, 0.4) is 0 Å². The molecule has 3 rings (SSSR count). The number of halogens is 1. The van der Waals surface area contributed by atoms with Gasteiger partial charge < -0.3 is 16.4 Å². The van der Waals surface area contributed by atoms with Gasteiger partial charge in [0.15, 0.2) is 0 Å². The molecule has 2 aromatic carbocycles. The second-order valence-corrected chi connectivity index (χ2v) is 8.26. The molecule has 0 aromatic heterocycles. The molecule has 7 heteroatoms. The first kappa shape index (κ1) is 18.9. The average Bonchev–Trinajstić information content (AvgIpc) is 2.61. The lowest BCUT2D eigenvalue weighted by atomic mass is 9.95. The number of hydrogen-bond acceptors (Lipinski definition) is 4. The molecule has 4 N–H and O–H groups in total. The average molecular weight is 434 g/mol. The molecule has 2 atom stereocenters. The number of para-hydroxylation sites is 1. The number of nitrogens with one attached hydrogen (secondary N) is 2. The molecule has 0 saturated heterocycles. The third-order valence-electron chi connectivity index (χ3n) is 4.33. The molecule has 0 saturated carbocycles. The number of rotatable bonds is 5. The molecular weight excluding hydrogens is 414 g/mol. The minimum absolute atomic E-state index is 0.0980. The van der Waals surface area contributed by atoms with Crippen LogP contribution in [0.25, 0.3) is 0 Å². The highest BCUT2D eigenvalue weighted by atomic mass is 79.9. The molecule has 1 heterocycles. The molecule has 2 amide bonds. The Labute approximate surface area is 165 Å². The number of carbonyl (C=O) groups is 2. The molecule has 136 valence electrons. The molecule has 26 heavy (non-hydrogen) atoms. The summed E-state index contributed by atoms with van der Waals surface area (Å²) < 4.78 is 1.03. The van der Waals surface area contributed by atoms with Crippen LogP contribution < -0.4 is 16.4 Å². The molecule has 0 aliphatic carbocycles. The topological polar surface area (TPSA) is 84.2 Å². The number of hydrogen-bond donors (Lipinski definition) is 3. The minimum Gasteiger partial charge on any atom is -0.366 e. The monoisotopic (exact) mass is 433 g/mol. The van der Waals surface area contributed by atoms with E-state index < -0.39 is 5.91 Å². The summed E-state index contributed by atoms with van der Waals surface area (Å²) in [6.45, 7) is 2.33. The van der Waals surface area contributed by atoms with Gasteiger partial charge in [-0.3, -0.25) is 9.59 Å². The first-order chi connectivity index (χ1) is 12.5. The van der Waals surface area contributed by atoms with E-state index in [4.69, 9.17) is 5.73 Å². The maximum Gasteiger partial charge on any atom is 0.250 e. The van der Waals surface area contributed by atoms with Gasteiger partial charge in [0.1, 0.15) is 0 Å². The number of anilines is 1. The van der Waals surface area contributed by atoms with Crippen molar-refractivity contribution in [3.05, 3.63) is 58.1 Å². The fourth-order valence-electron chi connectivity index (χ4n) is 3.03. The molecule has 5 nitrogen and oxygen atoms in total. The predicted octanol–water partition coefficient (Wildman–Crippen LogP) is 3.56. The molecule has 1 aliphatic heterocycles. The Morgan fingerprint density at radius 3 is 2.81 bits per heavy atom. The Morgan fingerprint density at radius 1 is 1.27 bits per heavy atom. The van der Waals surface area contributed by atoms with Gasteiger partial charge in [-0.15, -0.1) is 11.8 Å². The van der Waals surface area contributed by atoms with Gasteiger partial charge in [-0.05, 0) is 41.8 Å². The van der Waals surface area contributed by atoms with Crippen molar-refractivity contribution in [2.24, 2.45) is 11.7 Å². The predicted molar refractivity (Wildman–Crippen MR) is 108 cm³/mol. The van der Waals surface area contributed by atoms with Gasteiger partial charge in [-0.25, -0.2) is 0 Å². The van der Waals surface area contributed by atoms with E-state index >= 15 is 0 Å². The SMILES string of the molecule is C[C@@H]1CSc2ccc(Br)cc2[C@@H]1NCC(=O)Nc1ccccc1C(N)=O. The molecule has 0 bridgehead atoms. The number of fused-ring (bicyclic) bond motifs is 1. The molecule has 0 unspecified atom stereocenters. The Kier molecular flexibility index (Phi) is 6.01. The van der Waals surface area contributed by atoms with E-state index in [-0.39, 0.29) is 18.5 Å². The molecule has 0 spiro atoms. The van der Waals surface area contributed by atoms with Gasteiger partial charge in [0.05, 0.1) is 17.8 Å². The third-order valence-corrected chi connectivity index (χ3v) is 6.20. The summed E-state index contributed by atoms with van der Waals surface area (Å²) in [5, 5.41) is 6.13. The molecule has 1 aliphatic rings. The lowest BCUT2D eigenvalue weighted by Crippen LogP contribution is -2.36. The van der Waals surface area contributed by atoms with E-state index in [1.165, 1.54) is 10.5 Å². The number of thioether (sulfide) groups is 1. The van der Waals surface area contributed by atoms with Crippen LogP contribution in [0.15, 0.2) is 51.8 Å². The summed E-state index contributed by atoms with van der Waals surface area (Å²) in [4.78, 5) is 25.1. The standard InChI is InChI=1S/C19H20BrN3O2S/c1-11-10-26-16-7-6-12(20)8-14(16)18(11)22-9-17(24)23-15-5-3-2-4-13(15)19(21)25/h2-8,11,18,22H,9-10H2,1H3,(H2,21,25)(H,23,24)/t11-,18-/m1/s1. The number of primary amides is 1. The van der Waals surface area contributed by atoms with Crippen molar-refractivity contribution < 1.29 is 9.59 Å². The van der Waals surface area contributed by atoms with Gasteiger partial charge in [0.25, 0.3) is 5.91 Å². The Balaban J connectivity index is 1.69. The lowest BCUT2D eigenvalue weighted by Gasteiger charge is -2.31. The first-order valence-electron chi connectivity index (χ1n) is 8.30. The zero-order valence-corrected chi connectivity index (χ0v) is 16.7. The molecule has 0 fully saturated rings. The van der Waals surface area contributed by atoms with Crippen molar-refractivity contribution in [1.29, 1.82) is 0 Å². The highest BCUT2D eigenvalue weighted by molar-refractivity contribution is 9.10. The highest BCUT2D eigenvalue weighted by Gasteiger charge is 2.27. The van der Waals surface area contributed by atoms with Crippen molar-refractivity contribution in [2.75, 3.05) is 17.6 Å². The van der Waals surface area contributed by atoms with E-state index in [0.29, 0.717) is 17.2 Å². The molecular formula is C19H20BrN3O2S. The quantitative estimate of drug-likeness (QED) is 0.672. The fourth-order valence-corrected chi connectivity index (χ4v) is 4.56. The van der Waals surface area contributed by atoms with Crippen molar-refractivity contribution in [2.45, 2.75) is 17.9 Å². The Hall–Kier alpha value is -1.83. The summed E-state index contributed by atoms with van der Waals surface area (Å²) >= 11 is 5.36. The molecule has 2 aromatic rings. The van der Waals surface area contributed by atoms with Crippen LogP contribution >= 0.6 is 27.7 Å². The zero-order valence-electron chi connectivity index (χ0n) is 14.3. The van der Waals surface area contributed by atoms with Crippen LogP contribution in [0, 0.1) is 5.92 Å². The van der Waals surface area contributed by atoms with Gasteiger partial charge in [-0.2, -0.15) is 0 Å². The normalized spacial score (nSPS) is 18.8. The highest BCUT2D eigenvalue weighted by Crippen LogP contribution is 2.40. The van der Waals surface area contributed by atoms with Crippen LogP contribution in [0.1, 0.15) is 28.9 Å². The number of nitrogens with two attached hydrogens (primary N) is 1. The van der Waals surface area contributed by atoms with Gasteiger partial charge in [0.2, 0.25) is 5.91 Å². The number of amides is 2. The number of benzene rings is 2. The maximum atomic E-state index is 12.4. The summed E-state index contributed by atoms with van der Waals surface area (Å²) in [6, 6.07) is 13.1. The summed E-state index contributed by atoms with van der Waals surface area (Å²) in [7, 11) is 0. The second-order valence-electron chi connectivity index (χ2n) is 6.29. The van der Waals surface area contributed by atoms with E-state index in [2.05, 4.69) is 45.6 Å². The summed E-state index contributed by atoms with van der Waals surface area (Å²) in [5.74, 6) is 0.622. The van der Waals surface area contributed by atoms with Crippen LogP contribution in [-0.2, 0) is 4.79 Å². The van der Waals surface area contributed by atoms with Crippen LogP contribution in [0.2, 0.25) is 0 Å². The van der Waals surface area contributed by atoms with Crippen LogP contribution in [0.4, 0.5) is 5.69 Å². The van der Waals surface area contributed by atoms with E-state index in [1.54, 1.807) is 24.3 Å². The van der Waals surface area contributed by atoms with Crippen molar-refractivity contribution in [1.82, 2.24) is 5.32 Å². The van der Waals surface area contributed by atoms with E-state index in [9.17, 15) is 9.59 Å². The third kappa shape index (κ3) is 4.28. The fraction of sp³-hybridized carbons (Fsp3) is 0.263. The van der Waals surface area contributed by atoms with Crippen molar-refractivity contribution >= 4 is 45.2 Å². The van der Waals surface area contributed by atoms with Gasteiger partial charge >= 0.3 is 0 Å². The largest absolute Gasteiger partial charge is 0.366 e. The van der Waals surface area contributed by atoms with Crippen molar-refractivity contribution in [3.8, 4) is 0 Å². The smallest absolute Gasteiger partial charge is 0.250 e. The van der Waals surface area contributed by atoms with E-state index in [0.717, 1.165) is 10.2 Å². The van der Waals surface area contributed by atoms with Gasteiger partial charge in [0, 0.05) is 21.2 Å². The van der Waals surface area contributed by atoms with Gasteiger partial charge in [-0.1, -0.05) is 35.0 Å². The Morgan fingerprint density at radius 2 is 2.04 bits per heavy atom. The summed E-state index contributed by atoms with van der Waals surface area (Å²) in [5.41, 5.74) is 7.29. The zero-order chi connectivity index (χ0) is 18.7. The maximum absolute atomic E-state index is 12.4. The Bertz CT molecular complexity index is 843. The molecule has 0 radical (unpaired) electrons. The van der Waals surface area contributed by atoms with Crippen LogP contribution in [0.5, 0.6) is 0 Å². The van der Waals surface area contributed by atoms with Crippen LogP contribution in [-0.4, -0.2) is 24.1 Å². The lowest BCUT2D eigenvalue weighted by molar-refractivity contribution is -0.115. The summed E-state index contributed by atoms with van der Waals surface area (Å²) in [6.07, 6.45) is 0. The first-order valence-corrected chi connectivity index (χ1v) is 10.1. The second kappa shape index (κ2) is 8.24. The van der Waals surface area contributed by atoms with Crippen molar-refractivity contribution in [3.63, 3.8) is 0 Å². The number of carbonyl (C=O) groups excluding carboxylic acids is 2.